The van der Waals surface area contributed by atoms with E-state index in [9.17, 15) is 0 Å². The minimum Gasteiger partial charge on any atom is -0.383 e. The van der Waals surface area contributed by atoms with Crippen LogP contribution in [0.25, 0.3) is 5.70 Å². The lowest BCUT2D eigenvalue weighted by molar-refractivity contribution is 0.855. The molecule has 0 fully saturated rings. The van der Waals surface area contributed by atoms with Gasteiger partial charge >= 0.3 is 0 Å². The van der Waals surface area contributed by atoms with Crippen molar-refractivity contribution < 1.29 is 0 Å². The van der Waals surface area contributed by atoms with Gasteiger partial charge in [-0.1, -0.05) is 30.4 Å². The summed E-state index contributed by atoms with van der Waals surface area (Å²) in [6.07, 6.45) is 2.00. The molecule has 1 aromatic rings. The first-order chi connectivity index (χ1) is 7.65. The van der Waals surface area contributed by atoms with Gasteiger partial charge in [0.1, 0.15) is 0 Å². The van der Waals surface area contributed by atoms with Crippen LogP contribution in [0.5, 0.6) is 0 Å². The SMILES string of the molecule is C=C(C)/C=C(/NCCN)c1ccccc1S. The van der Waals surface area contributed by atoms with Crippen LogP contribution < -0.4 is 11.1 Å². The van der Waals surface area contributed by atoms with Gasteiger partial charge in [0, 0.05) is 29.2 Å². The molecule has 0 saturated heterocycles. The molecule has 3 heteroatoms. The first kappa shape index (κ1) is 12.9. The summed E-state index contributed by atoms with van der Waals surface area (Å²) in [5.74, 6) is 0. The highest BCUT2D eigenvalue weighted by atomic mass is 32.1. The smallest absolute Gasteiger partial charge is 0.0427 e. The van der Waals surface area contributed by atoms with Gasteiger partial charge in [-0.25, -0.2) is 0 Å². The van der Waals surface area contributed by atoms with E-state index < -0.39 is 0 Å². The fraction of sp³-hybridized carbons (Fsp3) is 0.231. The summed E-state index contributed by atoms with van der Waals surface area (Å²) in [6, 6.07) is 7.95. The molecule has 2 nitrogen and oxygen atoms in total. The van der Waals surface area contributed by atoms with Gasteiger partial charge in [-0.2, -0.15) is 0 Å². The topological polar surface area (TPSA) is 38.0 Å². The van der Waals surface area contributed by atoms with Crippen LogP contribution >= 0.6 is 12.6 Å². The quantitative estimate of drug-likeness (QED) is 0.541. The Hall–Kier alpha value is -1.19. The lowest BCUT2D eigenvalue weighted by Gasteiger charge is -2.12. The van der Waals surface area contributed by atoms with Gasteiger partial charge in [0.15, 0.2) is 0 Å². The molecule has 16 heavy (non-hydrogen) atoms. The molecule has 0 heterocycles. The minimum atomic E-state index is 0.599. The standard InChI is InChI=1S/C13H18N2S/c1-10(2)9-12(15-8-7-14)11-5-3-4-6-13(11)16/h3-6,9,15-16H,1,7-8,14H2,2H3/b12-9+. The van der Waals surface area contributed by atoms with Crippen molar-refractivity contribution in [2.45, 2.75) is 11.8 Å². The van der Waals surface area contributed by atoms with Crippen LogP contribution in [0.15, 0.2) is 47.4 Å². The average Bonchev–Trinajstić information content (AvgIpc) is 2.24. The summed E-state index contributed by atoms with van der Waals surface area (Å²) in [5.41, 5.74) is 8.58. The number of nitrogens with two attached hydrogens (primary N) is 1. The second-order valence-electron chi connectivity index (χ2n) is 3.64. The van der Waals surface area contributed by atoms with Crippen LogP contribution in [0.4, 0.5) is 0 Å². The van der Waals surface area contributed by atoms with E-state index in [0.717, 1.165) is 28.3 Å². The summed E-state index contributed by atoms with van der Waals surface area (Å²) in [4.78, 5) is 0.944. The molecule has 0 atom stereocenters. The van der Waals surface area contributed by atoms with Gasteiger partial charge in [-0.15, -0.1) is 12.6 Å². The minimum absolute atomic E-state index is 0.599. The largest absolute Gasteiger partial charge is 0.383 e. The molecule has 0 aliphatic carbocycles. The average molecular weight is 234 g/mol. The van der Waals surface area contributed by atoms with Crippen molar-refractivity contribution >= 4 is 18.3 Å². The van der Waals surface area contributed by atoms with E-state index >= 15 is 0 Å². The van der Waals surface area contributed by atoms with Crippen molar-refractivity contribution in [2.75, 3.05) is 13.1 Å². The molecular weight excluding hydrogens is 216 g/mol. The third-order valence-corrected chi connectivity index (χ3v) is 2.43. The maximum atomic E-state index is 5.49. The third-order valence-electron chi connectivity index (χ3n) is 2.04. The molecule has 0 saturated carbocycles. The van der Waals surface area contributed by atoms with Gasteiger partial charge in [0.2, 0.25) is 0 Å². The summed E-state index contributed by atoms with van der Waals surface area (Å²) in [5, 5.41) is 3.28. The third kappa shape index (κ3) is 3.76. The van der Waals surface area contributed by atoms with Crippen LogP contribution in [0, 0.1) is 0 Å². The molecular formula is C13H18N2S. The zero-order chi connectivity index (χ0) is 12.0. The van der Waals surface area contributed by atoms with Crippen LogP contribution in [-0.4, -0.2) is 13.1 Å². The lowest BCUT2D eigenvalue weighted by Crippen LogP contribution is -2.21. The van der Waals surface area contributed by atoms with Gasteiger partial charge in [-0.3, -0.25) is 0 Å². The highest BCUT2D eigenvalue weighted by Crippen LogP contribution is 2.21. The summed E-state index contributed by atoms with van der Waals surface area (Å²) < 4.78 is 0. The molecule has 1 rings (SSSR count). The number of hydrogen-bond acceptors (Lipinski definition) is 3. The lowest BCUT2D eigenvalue weighted by atomic mass is 10.1. The first-order valence-corrected chi connectivity index (χ1v) is 5.69. The number of thiol groups is 1. The maximum Gasteiger partial charge on any atom is 0.0427 e. The fourth-order valence-corrected chi connectivity index (χ4v) is 1.66. The zero-order valence-electron chi connectivity index (χ0n) is 9.53. The summed E-state index contributed by atoms with van der Waals surface area (Å²) in [7, 11) is 0. The van der Waals surface area contributed by atoms with Crippen LogP contribution in [0.3, 0.4) is 0 Å². The van der Waals surface area contributed by atoms with Crippen molar-refractivity contribution in [2.24, 2.45) is 5.73 Å². The predicted molar refractivity (Wildman–Crippen MR) is 73.5 cm³/mol. The Morgan fingerprint density at radius 3 is 2.75 bits per heavy atom. The molecule has 3 N–H and O–H groups in total. The normalized spacial score (nSPS) is 11.3. The van der Waals surface area contributed by atoms with E-state index in [4.69, 9.17) is 5.73 Å². The molecule has 0 amide bonds. The predicted octanol–water partition coefficient (Wildman–Crippen LogP) is 2.44. The molecule has 0 unspecified atom stereocenters. The van der Waals surface area contributed by atoms with Crippen molar-refractivity contribution in [3.63, 3.8) is 0 Å². The van der Waals surface area contributed by atoms with E-state index in [0.29, 0.717) is 6.54 Å². The fourth-order valence-electron chi connectivity index (χ4n) is 1.38. The molecule has 0 aromatic heterocycles. The van der Waals surface area contributed by atoms with Crippen molar-refractivity contribution in [1.82, 2.24) is 5.32 Å². The number of hydrogen-bond donors (Lipinski definition) is 3. The molecule has 86 valence electrons. The Morgan fingerprint density at radius 1 is 1.50 bits per heavy atom. The zero-order valence-corrected chi connectivity index (χ0v) is 10.4. The van der Waals surface area contributed by atoms with Crippen LogP contribution in [-0.2, 0) is 0 Å². The highest BCUT2D eigenvalue weighted by Gasteiger charge is 2.03. The Bertz CT molecular complexity index is 397. The highest BCUT2D eigenvalue weighted by molar-refractivity contribution is 7.80. The number of rotatable bonds is 5. The Balaban J connectivity index is 3.01. The van der Waals surface area contributed by atoms with Gasteiger partial charge < -0.3 is 11.1 Å². The van der Waals surface area contributed by atoms with Gasteiger partial charge in [0.05, 0.1) is 0 Å². The number of nitrogens with one attached hydrogen (secondary N) is 1. The first-order valence-electron chi connectivity index (χ1n) is 5.24. The van der Waals surface area contributed by atoms with E-state index in [1.54, 1.807) is 0 Å². The van der Waals surface area contributed by atoms with Gasteiger partial charge in [-0.05, 0) is 19.1 Å². The Morgan fingerprint density at radius 2 is 2.19 bits per heavy atom. The summed E-state index contributed by atoms with van der Waals surface area (Å²) >= 11 is 4.44. The van der Waals surface area contributed by atoms with E-state index in [1.165, 1.54) is 0 Å². The second-order valence-corrected chi connectivity index (χ2v) is 4.12. The second kappa shape index (κ2) is 6.40. The molecule has 0 spiro atoms. The maximum absolute atomic E-state index is 5.49. The van der Waals surface area contributed by atoms with Gasteiger partial charge in [0.25, 0.3) is 0 Å². The van der Waals surface area contributed by atoms with E-state index in [2.05, 4.69) is 24.5 Å². The van der Waals surface area contributed by atoms with Crippen LogP contribution in [0.2, 0.25) is 0 Å². The molecule has 0 bridgehead atoms. The van der Waals surface area contributed by atoms with Crippen molar-refractivity contribution in [3.05, 3.63) is 48.1 Å². The molecule has 0 aliphatic rings. The van der Waals surface area contributed by atoms with Crippen molar-refractivity contribution in [3.8, 4) is 0 Å². The Labute approximate surface area is 103 Å². The van der Waals surface area contributed by atoms with E-state index in [1.807, 2.05) is 37.3 Å². The summed E-state index contributed by atoms with van der Waals surface area (Å²) in [6.45, 7) is 7.19. The molecule has 1 aromatic carbocycles. The molecule has 0 radical (unpaired) electrons. The van der Waals surface area contributed by atoms with Crippen LogP contribution in [0.1, 0.15) is 12.5 Å². The molecule has 0 aliphatic heterocycles. The van der Waals surface area contributed by atoms with E-state index in [-0.39, 0.29) is 0 Å². The monoisotopic (exact) mass is 234 g/mol. The number of benzene rings is 1. The van der Waals surface area contributed by atoms with Crippen molar-refractivity contribution in [1.29, 1.82) is 0 Å². The number of allylic oxidation sites excluding steroid dienone is 2. The Kier molecular flexibility index (Phi) is 5.15.